The van der Waals surface area contributed by atoms with E-state index in [-0.39, 0.29) is 17.7 Å². The number of imidazole rings is 1. The van der Waals surface area contributed by atoms with E-state index in [1.165, 1.54) is 0 Å². The van der Waals surface area contributed by atoms with Crippen LogP contribution in [0.5, 0.6) is 0 Å². The first-order valence-corrected chi connectivity index (χ1v) is 11.5. The summed E-state index contributed by atoms with van der Waals surface area (Å²) >= 11 is 0. The molecule has 1 aromatic rings. The second kappa shape index (κ2) is 7.18. The molecule has 1 amide bonds. The Morgan fingerprint density at radius 1 is 1.44 bits per heavy atom. The third-order valence-electron chi connectivity index (χ3n) is 6.08. The normalized spacial score (nSPS) is 28.9. The molecule has 2 N–H and O–H groups in total. The third kappa shape index (κ3) is 4.05. The van der Waals surface area contributed by atoms with Crippen LogP contribution in [0.1, 0.15) is 44.3 Å². The number of aromatic amines is 1. The number of hydrogen-bond donors (Lipinski definition) is 2. The van der Waals surface area contributed by atoms with E-state index in [0.717, 1.165) is 44.5 Å². The predicted molar refractivity (Wildman–Crippen MR) is 101 cm³/mol. The number of nitrogens with zero attached hydrogens (tertiary/aromatic N) is 3. The molecule has 2 saturated heterocycles. The first kappa shape index (κ1) is 18.9. The van der Waals surface area contributed by atoms with Crippen molar-refractivity contribution in [3.8, 4) is 0 Å². The molecule has 3 aliphatic rings. The zero-order chi connectivity index (χ0) is 19.1. The lowest BCUT2D eigenvalue weighted by atomic mass is 9.84. The summed E-state index contributed by atoms with van der Waals surface area (Å²) in [7, 11) is -1.47. The van der Waals surface area contributed by atoms with Crippen molar-refractivity contribution in [3.63, 3.8) is 0 Å². The van der Waals surface area contributed by atoms with Crippen molar-refractivity contribution in [2.45, 2.75) is 56.7 Å². The molecular formula is C18H29N5O3S. The van der Waals surface area contributed by atoms with Crippen LogP contribution >= 0.6 is 0 Å². The number of sulfonamides is 1. The summed E-state index contributed by atoms with van der Waals surface area (Å²) < 4.78 is 27.7. The fourth-order valence-electron chi connectivity index (χ4n) is 4.67. The molecule has 0 aromatic carbocycles. The number of piperidine rings is 1. The highest BCUT2D eigenvalue weighted by Gasteiger charge is 2.53. The molecule has 0 bridgehead atoms. The van der Waals surface area contributed by atoms with E-state index >= 15 is 0 Å². The van der Waals surface area contributed by atoms with Gasteiger partial charge in [-0.2, -0.15) is 0 Å². The molecule has 2 aliphatic heterocycles. The van der Waals surface area contributed by atoms with Crippen LogP contribution in [0.25, 0.3) is 0 Å². The molecule has 4 rings (SSSR count). The lowest BCUT2D eigenvalue weighted by Gasteiger charge is -2.42. The number of nitrogens with one attached hydrogen (secondary N) is 2. The molecule has 8 nitrogen and oxygen atoms in total. The number of amides is 1. The quantitative estimate of drug-likeness (QED) is 0.708. The van der Waals surface area contributed by atoms with Crippen LogP contribution in [-0.4, -0.2) is 71.6 Å². The minimum Gasteiger partial charge on any atom is -0.347 e. The second-order valence-electron chi connectivity index (χ2n) is 8.38. The number of rotatable bonds is 7. The van der Waals surface area contributed by atoms with Crippen LogP contribution < -0.4 is 4.72 Å². The van der Waals surface area contributed by atoms with Gasteiger partial charge in [0.25, 0.3) is 0 Å². The SMILES string of the molecule is CN(Cc1ncc[nH]1)C(=O)[C@]12CCCCN1C[C@@H](NS(=O)(=O)CC1CC1)C2. The summed E-state index contributed by atoms with van der Waals surface area (Å²) in [6.45, 7) is 1.89. The topological polar surface area (TPSA) is 98.4 Å². The Labute approximate surface area is 160 Å². The average molecular weight is 396 g/mol. The van der Waals surface area contributed by atoms with Gasteiger partial charge in [0.15, 0.2) is 0 Å². The van der Waals surface area contributed by atoms with Gasteiger partial charge in [-0.1, -0.05) is 0 Å². The second-order valence-corrected chi connectivity index (χ2v) is 10.2. The highest BCUT2D eigenvalue weighted by atomic mass is 32.2. The van der Waals surface area contributed by atoms with Crippen molar-refractivity contribution >= 4 is 15.9 Å². The van der Waals surface area contributed by atoms with Gasteiger partial charge in [0, 0.05) is 32.0 Å². The number of aromatic nitrogens is 2. The fourth-order valence-corrected chi connectivity index (χ4v) is 6.38. The number of fused-ring (bicyclic) bond motifs is 1. The van der Waals surface area contributed by atoms with Crippen LogP contribution in [0, 0.1) is 5.92 Å². The lowest BCUT2D eigenvalue weighted by molar-refractivity contribution is -0.144. The van der Waals surface area contributed by atoms with Gasteiger partial charge in [-0.05, 0) is 51.0 Å². The molecule has 1 saturated carbocycles. The molecule has 27 heavy (non-hydrogen) atoms. The molecule has 3 heterocycles. The Bertz CT molecular complexity index is 777. The van der Waals surface area contributed by atoms with Crippen molar-refractivity contribution in [3.05, 3.63) is 18.2 Å². The molecule has 150 valence electrons. The zero-order valence-corrected chi connectivity index (χ0v) is 16.7. The molecule has 2 atom stereocenters. The number of H-pyrrole nitrogens is 1. The van der Waals surface area contributed by atoms with E-state index < -0.39 is 15.6 Å². The van der Waals surface area contributed by atoms with E-state index in [1.807, 2.05) is 0 Å². The Kier molecular flexibility index (Phi) is 5.02. The average Bonchev–Trinajstić information content (AvgIpc) is 3.12. The first-order valence-electron chi connectivity index (χ1n) is 9.87. The molecule has 0 spiro atoms. The standard InChI is InChI=1S/C18H29N5O3S/c1-22(12-16-19-7-8-20-16)17(24)18-6-2-3-9-23(18)11-15(10-18)21-27(25,26)13-14-4-5-14/h7-8,14-15,21H,2-6,9-13H2,1H3,(H,19,20)/t15-,18+/m0/s1. The molecular weight excluding hydrogens is 366 g/mol. The molecule has 3 fully saturated rings. The van der Waals surface area contributed by atoms with Crippen LogP contribution in [-0.2, 0) is 21.4 Å². The van der Waals surface area contributed by atoms with Crippen LogP contribution in [0.3, 0.4) is 0 Å². The molecule has 9 heteroatoms. The minimum absolute atomic E-state index is 0.0718. The number of carbonyl (C=O) groups excluding carboxylic acids is 1. The van der Waals surface area contributed by atoms with Crippen LogP contribution in [0.2, 0.25) is 0 Å². The van der Waals surface area contributed by atoms with Gasteiger partial charge >= 0.3 is 0 Å². The van der Waals surface area contributed by atoms with Gasteiger partial charge in [0.05, 0.1) is 12.3 Å². The lowest BCUT2D eigenvalue weighted by Crippen LogP contribution is -2.57. The highest BCUT2D eigenvalue weighted by molar-refractivity contribution is 7.89. The molecule has 1 aliphatic carbocycles. The predicted octanol–water partition coefficient (Wildman–Crippen LogP) is 0.695. The summed E-state index contributed by atoms with van der Waals surface area (Å²) in [4.78, 5) is 24.6. The van der Waals surface area contributed by atoms with E-state index in [2.05, 4.69) is 19.6 Å². The van der Waals surface area contributed by atoms with Gasteiger partial charge in [-0.15, -0.1) is 0 Å². The first-order chi connectivity index (χ1) is 12.9. The molecule has 0 unspecified atom stereocenters. The van der Waals surface area contributed by atoms with E-state index in [4.69, 9.17) is 0 Å². The third-order valence-corrected chi connectivity index (χ3v) is 7.69. The monoisotopic (exact) mass is 395 g/mol. The van der Waals surface area contributed by atoms with Gasteiger partial charge < -0.3 is 9.88 Å². The summed E-state index contributed by atoms with van der Waals surface area (Å²) in [5, 5.41) is 0. The highest BCUT2D eigenvalue weighted by Crippen LogP contribution is 2.40. The maximum absolute atomic E-state index is 13.4. The van der Waals surface area contributed by atoms with Crippen molar-refractivity contribution in [1.29, 1.82) is 0 Å². The van der Waals surface area contributed by atoms with Gasteiger partial charge in [-0.25, -0.2) is 18.1 Å². The van der Waals surface area contributed by atoms with Crippen molar-refractivity contribution < 1.29 is 13.2 Å². The zero-order valence-electron chi connectivity index (χ0n) is 15.9. The largest absolute Gasteiger partial charge is 0.347 e. The molecule has 1 aromatic heterocycles. The van der Waals surface area contributed by atoms with Gasteiger partial charge in [0.1, 0.15) is 11.4 Å². The van der Waals surface area contributed by atoms with E-state index in [9.17, 15) is 13.2 Å². The van der Waals surface area contributed by atoms with Gasteiger partial charge in [-0.3, -0.25) is 9.69 Å². The minimum atomic E-state index is -3.27. The Hall–Kier alpha value is -1.45. The summed E-state index contributed by atoms with van der Waals surface area (Å²) in [5.41, 5.74) is -0.591. The summed E-state index contributed by atoms with van der Waals surface area (Å²) in [6.07, 6.45) is 8.85. The number of carbonyl (C=O) groups is 1. The van der Waals surface area contributed by atoms with Crippen molar-refractivity contribution in [2.24, 2.45) is 5.92 Å². The van der Waals surface area contributed by atoms with Crippen LogP contribution in [0.15, 0.2) is 12.4 Å². The smallest absolute Gasteiger partial charge is 0.243 e. The number of hydrogen-bond acceptors (Lipinski definition) is 5. The van der Waals surface area contributed by atoms with Crippen molar-refractivity contribution in [1.82, 2.24) is 24.5 Å². The van der Waals surface area contributed by atoms with Crippen LogP contribution in [0.4, 0.5) is 0 Å². The van der Waals surface area contributed by atoms with Gasteiger partial charge in [0.2, 0.25) is 15.9 Å². The summed E-state index contributed by atoms with van der Waals surface area (Å²) in [5.74, 6) is 1.37. The maximum atomic E-state index is 13.4. The van der Waals surface area contributed by atoms with E-state index in [1.54, 1.807) is 24.3 Å². The maximum Gasteiger partial charge on any atom is 0.243 e. The number of likely N-dealkylation sites (N-methyl/N-ethyl adjacent to an activating group) is 1. The fraction of sp³-hybridized carbons (Fsp3) is 0.778. The van der Waals surface area contributed by atoms with Crippen molar-refractivity contribution in [2.75, 3.05) is 25.9 Å². The Morgan fingerprint density at radius 3 is 2.96 bits per heavy atom. The Balaban J connectivity index is 1.47. The Morgan fingerprint density at radius 2 is 2.26 bits per heavy atom. The van der Waals surface area contributed by atoms with E-state index in [0.29, 0.717) is 25.4 Å². The molecule has 0 radical (unpaired) electrons. The summed E-state index contributed by atoms with van der Waals surface area (Å²) in [6, 6.07) is -0.187.